The van der Waals surface area contributed by atoms with Crippen LogP contribution in [-0.2, 0) is 4.79 Å². The van der Waals surface area contributed by atoms with Crippen molar-refractivity contribution >= 4 is 5.91 Å². The molecule has 2 aromatic rings. The van der Waals surface area contributed by atoms with E-state index < -0.39 is 0 Å². The van der Waals surface area contributed by atoms with Crippen molar-refractivity contribution in [2.24, 2.45) is 5.41 Å². The molecule has 2 aliphatic heterocycles. The summed E-state index contributed by atoms with van der Waals surface area (Å²) < 4.78 is 19.2. The highest BCUT2D eigenvalue weighted by Crippen LogP contribution is 2.39. The summed E-state index contributed by atoms with van der Waals surface area (Å²) in [5.41, 5.74) is 0.484. The number of aromatic nitrogens is 2. The zero-order valence-corrected chi connectivity index (χ0v) is 20.1. The van der Waals surface area contributed by atoms with Gasteiger partial charge in [0.1, 0.15) is 17.3 Å². The van der Waals surface area contributed by atoms with Crippen molar-refractivity contribution in [3.05, 3.63) is 48.2 Å². The minimum absolute atomic E-state index is 0.0732. The zero-order chi connectivity index (χ0) is 23.5. The maximum atomic E-state index is 13.7. The lowest BCUT2D eigenvalue weighted by Gasteiger charge is -2.44. The predicted molar refractivity (Wildman–Crippen MR) is 128 cm³/mol. The van der Waals surface area contributed by atoms with Crippen molar-refractivity contribution in [1.82, 2.24) is 19.8 Å². The lowest BCUT2D eigenvalue weighted by atomic mass is 9.78. The van der Waals surface area contributed by atoms with E-state index in [0.29, 0.717) is 18.2 Å². The molecule has 1 amide bonds. The van der Waals surface area contributed by atoms with Gasteiger partial charge in [-0.05, 0) is 75.9 Å². The van der Waals surface area contributed by atoms with Crippen molar-refractivity contribution in [3.63, 3.8) is 0 Å². The number of piperidine rings is 2. The summed E-state index contributed by atoms with van der Waals surface area (Å²) in [6.45, 7) is 5.66. The van der Waals surface area contributed by atoms with Crippen LogP contribution < -0.4 is 4.74 Å². The molecule has 0 spiro atoms. The van der Waals surface area contributed by atoms with Gasteiger partial charge in [-0.25, -0.2) is 9.37 Å². The van der Waals surface area contributed by atoms with Crippen LogP contribution in [-0.4, -0.2) is 57.9 Å². The van der Waals surface area contributed by atoms with E-state index in [1.54, 1.807) is 24.5 Å². The van der Waals surface area contributed by atoms with E-state index in [4.69, 9.17) is 4.74 Å². The monoisotopic (exact) mass is 466 g/mol. The van der Waals surface area contributed by atoms with Gasteiger partial charge in [-0.1, -0.05) is 19.8 Å². The van der Waals surface area contributed by atoms with Crippen molar-refractivity contribution in [3.8, 4) is 11.6 Å². The highest BCUT2D eigenvalue weighted by atomic mass is 19.1. The SMILES string of the molecule is CC1(C(=O)N2CCCC(c3nccnc3Oc3ccc(F)cc3)C2)CCN(C2CCCC2)CC1. The zero-order valence-electron chi connectivity index (χ0n) is 20.1. The maximum absolute atomic E-state index is 13.7. The molecule has 0 radical (unpaired) electrons. The van der Waals surface area contributed by atoms with Gasteiger partial charge in [0.05, 0.1) is 0 Å². The van der Waals surface area contributed by atoms with Crippen molar-refractivity contribution in [1.29, 1.82) is 0 Å². The lowest BCUT2D eigenvalue weighted by Crippen LogP contribution is -2.52. The van der Waals surface area contributed by atoms with E-state index >= 15 is 0 Å². The summed E-state index contributed by atoms with van der Waals surface area (Å²) in [5.74, 6) is 1.01. The van der Waals surface area contributed by atoms with Gasteiger partial charge in [0.2, 0.25) is 11.8 Å². The lowest BCUT2D eigenvalue weighted by molar-refractivity contribution is -0.145. The van der Waals surface area contributed by atoms with Gasteiger partial charge in [-0.2, -0.15) is 0 Å². The van der Waals surface area contributed by atoms with Crippen LogP contribution in [0.15, 0.2) is 36.7 Å². The molecule has 3 fully saturated rings. The molecule has 34 heavy (non-hydrogen) atoms. The van der Waals surface area contributed by atoms with Crippen LogP contribution in [0.3, 0.4) is 0 Å². The van der Waals surface area contributed by atoms with Gasteiger partial charge in [0, 0.05) is 42.9 Å². The Kier molecular flexibility index (Phi) is 6.82. The van der Waals surface area contributed by atoms with Gasteiger partial charge < -0.3 is 14.5 Å². The first-order valence-electron chi connectivity index (χ1n) is 12.8. The van der Waals surface area contributed by atoms with Crippen molar-refractivity contribution < 1.29 is 13.9 Å². The van der Waals surface area contributed by atoms with Gasteiger partial charge in [0.15, 0.2) is 0 Å². The summed E-state index contributed by atoms with van der Waals surface area (Å²) >= 11 is 0. The van der Waals surface area contributed by atoms with Gasteiger partial charge in [-0.3, -0.25) is 9.78 Å². The molecule has 3 heterocycles. The number of nitrogens with zero attached hydrogens (tertiary/aromatic N) is 4. The van der Waals surface area contributed by atoms with E-state index in [9.17, 15) is 9.18 Å². The first-order valence-corrected chi connectivity index (χ1v) is 12.8. The third-order valence-corrected chi connectivity index (χ3v) is 8.07. The molecule has 1 saturated carbocycles. The Morgan fingerprint density at radius 2 is 1.71 bits per heavy atom. The molecule has 1 unspecified atom stereocenters. The number of benzene rings is 1. The van der Waals surface area contributed by atoms with Crippen LogP contribution in [0.1, 0.15) is 69.9 Å². The van der Waals surface area contributed by atoms with Gasteiger partial charge in [-0.15, -0.1) is 0 Å². The molecule has 1 aromatic heterocycles. The molecule has 6 nitrogen and oxygen atoms in total. The molecular weight excluding hydrogens is 431 g/mol. The highest BCUT2D eigenvalue weighted by Gasteiger charge is 2.42. The molecule has 7 heteroatoms. The standard InChI is InChI=1S/C27H35FN4O2/c1-27(12-17-31(18-13-27)22-6-2-3-7-22)26(33)32-16-4-5-20(19-32)24-25(30-15-14-29-24)34-23-10-8-21(28)9-11-23/h8-11,14-15,20,22H,2-7,12-13,16-19H2,1H3. The molecule has 0 bridgehead atoms. The second-order valence-electron chi connectivity index (χ2n) is 10.4. The number of halogens is 1. The van der Waals surface area contributed by atoms with E-state index in [-0.39, 0.29) is 23.1 Å². The summed E-state index contributed by atoms with van der Waals surface area (Å²) in [4.78, 5) is 27.4. The van der Waals surface area contributed by atoms with Crippen LogP contribution in [0.5, 0.6) is 11.6 Å². The fraction of sp³-hybridized carbons (Fsp3) is 0.593. The summed E-state index contributed by atoms with van der Waals surface area (Å²) in [7, 11) is 0. The third kappa shape index (κ3) is 4.95. The van der Waals surface area contributed by atoms with Crippen molar-refractivity contribution in [2.45, 2.75) is 70.3 Å². The number of likely N-dealkylation sites (tertiary alicyclic amines) is 2. The van der Waals surface area contributed by atoms with Crippen LogP contribution in [0.2, 0.25) is 0 Å². The first-order chi connectivity index (χ1) is 16.5. The average molecular weight is 467 g/mol. The molecular formula is C27H35FN4O2. The number of carbonyl (C=O) groups is 1. The number of hydrogen-bond acceptors (Lipinski definition) is 5. The smallest absolute Gasteiger partial charge is 0.241 e. The number of ether oxygens (including phenoxy) is 1. The summed E-state index contributed by atoms with van der Waals surface area (Å²) in [6.07, 6.45) is 12.4. The van der Waals surface area contributed by atoms with Gasteiger partial charge in [0.25, 0.3) is 0 Å². The fourth-order valence-electron chi connectivity index (χ4n) is 5.94. The maximum Gasteiger partial charge on any atom is 0.241 e. The molecule has 2 saturated heterocycles. The molecule has 1 aliphatic carbocycles. The Bertz CT molecular complexity index is 984. The Balaban J connectivity index is 1.25. The van der Waals surface area contributed by atoms with Crippen LogP contribution in [0.4, 0.5) is 4.39 Å². The van der Waals surface area contributed by atoms with E-state index in [2.05, 4.69) is 26.7 Å². The quantitative estimate of drug-likeness (QED) is 0.609. The first kappa shape index (κ1) is 23.2. The van der Waals surface area contributed by atoms with Gasteiger partial charge >= 0.3 is 0 Å². The number of amides is 1. The minimum atomic E-state index is -0.310. The molecule has 182 valence electrons. The van der Waals surface area contributed by atoms with Crippen LogP contribution in [0, 0.1) is 11.2 Å². The fourth-order valence-corrected chi connectivity index (χ4v) is 5.94. The molecule has 0 N–H and O–H groups in total. The topological polar surface area (TPSA) is 58.6 Å². The normalized spacial score (nSPS) is 23.7. The van der Waals surface area contributed by atoms with E-state index in [1.807, 2.05) is 0 Å². The third-order valence-electron chi connectivity index (χ3n) is 8.07. The second-order valence-corrected chi connectivity index (χ2v) is 10.4. The predicted octanol–water partition coefficient (Wildman–Crippen LogP) is 5.16. The number of carbonyl (C=O) groups excluding carboxylic acids is 1. The summed E-state index contributed by atoms with van der Waals surface area (Å²) in [5, 5.41) is 0. The Hall–Kier alpha value is -2.54. The second kappa shape index (κ2) is 9.98. The van der Waals surface area contributed by atoms with E-state index in [1.165, 1.54) is 37.8 Å². The Labute approximate surface area is 201 Å². The largest absolute Gasteiger partial charge is 0.437 e. The molecule has 5 rings (SSSR count). The average Bonchev–Trinajstić information content (AvgIpc) is 3.41. The number of rotatable bonds is 5. The highest BCUT2D eigenvalue weighted by molar-refractivity contribution is 5.82. The van der Waals surface area contributed by atoms with Crippen LogP contribution >= 0.6 is 0 Å². The Morgan fingerprint density at radius 3 is 2.44 bits per heavy atom. The Morgan fingerprint density at radius 1 is 1.00 bits per heavy atom. The number of hydrogen-bond donors (Lipinski definition) is 0. The van der Waals surface area contributed by atoms with E-state index in [0.717, 1.165) is 57.1 Å². The molecule has 1 atom stereocenters. The molecule has 1 aromatic carbocycles. The molecule has 3 aliphatic rings. The van der Waals surface area contributed by atoms with Crippen molar-refractivity contribution in [2.75, 3.05) is 26.2 Å². The minimum Gasteiger partial charge on any atom is -0.437 e. The van der Waals surface area contributed by atoms with Crippen LogP contribution in [0.25, 0.3) is 0 Å². The summed E-state index contributed by atoms with van der Waals surface area (Å²) in [6, 6.07) is 6.64.